The molecule has 3 nitrogen and oxygen atoms in total. The molecule has 0 N–H and O–H groups in total. The van der Waals surface area contributed by atoms with Crippen molar-refractivity contribution in [3.8, 4) is 0 Å². The molecule has 4 heteroatoms. The smallest absolute Gasteiger partial charge is 0.153 e. The molecular formula is C17H29NO2S. The second-order valence-corrected chi connectivity index (χ2v) is 9.00. The maximum atomic E-state index is 12.8. The van der Waals surface area contributed by atoms with Gasteiger partial charge >= 0.3 is 0 Å². The molecule has 0 aromatic carbocycles. The largest absolute Gasteiger partial charge is 0.597 e. The van der Waals surface area contributed by atoms with Gasteiger partial charge in [-0.3, -0.25) is 0 Å². The summed E-state index contributed by atoms with van der Waals surface area (Å²) in [4.78, 5) is 0. The Morgan fingerprint density at radius 3 is 2.43 bits per heavy atom. The maximum absolute atomic E-state index is 12.8. The van der Waals surface area contributed by atoms with E-state index in [2.05, 4.69) is 23.4 Å². The van der Waals surface area contributed by atoms with Crippen LogP contribution < -0.4 is 0 Å². The van der Waals surface area contributed by atoms with Gasteiger partial charge in [0.2, 0.25) is 0 Å². The van der Waals surface area contributed by atoms with E-state index < -0.39 is 11.4 Å². The van der Waals surface area contributed by atoms with Gasteiger partial charge in [0.15, 0.2) is 5.25 Å². The van der Waals surface area contributed by atoms with E-state index in [1.807, 2.05) is 0 Å². The summed E-state index contributed by atoms with van der Waals surface area (Å²) >= 11 is -0.844. The van der Waals surface area contributed by atoms with E-state index in [1.54, 1.807) is 7.11 Å². The van der Waals surface area contributed by atoms with Crippen molar-refractivity contribution in [3.05, 3.63) is 12.2 Å². The van der Waals surface area contributed by atoms with Crippen LogP contribution >= 0.6 is 0 Å². The molecule has 1 heterocycles. The van der Waals surface area contributed by atoms with Crippen molar-refractivity contribution < 1.29 is 9.29 Å². The number of rotatable bonds is 3. The van der Waals surface area contributed by atoms with Crippen LogP contribution in [0.1, 0.15) is 51.9 Å². The monoisotopic (exact) mass is 311 g/mol. The van der Waals surface area contributed by atoms with Crippen LogP contribution in [-0.4, -0.2) is 40.4 Å². The number of piperidine rings is 1. The van der Waals surface area contributed by atoms with Crippen LogP contribution in [0.3, 0.4) is 0 Å². The minimum Gasteiger partial charge on any atom is -0.597 e. The third kappa shape index (κ3) is 3.49. The first kappa shape index (κ1) is 15.9. The van der Waals surface area contributed by atoms with Crippen LogP contribution in [0, 0.1) is 11.3 Å². The van der Waals surface area contributed by atoms with E-state index in [9.17, 15) is 4.55 Å². The number of methoxy groups -OCH3 is 1. The van der Waals surface area contributed by atoms with Gasteiger partial charge in [0, 0.05) is 38.0 Å². The molecule has 1 spiro atoms. The van der Waals surface area contributed by atoms with Gasteiger partial charge in [0.05, 0.1) is 6.10 Å². The van der Waals surface area contributed by atoms with Crippen molar-refractivity contribution in [2.24, 2.45) is 11.3 Å². The van der Waals surface area contributed by atoms with Crippen molar-refractivity contribution in [1.29, 1.82) is 0 Å². The normalized spacial score (nSPS) is 38.0. The van der Waals surface area contributed by atoms with Crippen LogP contribution in [0.4, 0.5) is 0 Å². The van der Waals surface area contributed by atoms with E-state index in [0.717, 1.165) is 31.8 Å². The summed E-state index contributed by atoms with van der Waals surface area (Å²) in [6.45, 7) is 4.44. The van der Waals surface area contributed by atoms with Gasteiger partial charge in [-0.15, -0.1) is 4.31 Å². The van der Waals surface area contributed by atoms with Gasteiger partial charge in [0.25, 0.3) is 0 Å². The molecule has 3 unspecified atom stereocenters. The van der Waals surface area contributed by atoms with Gasteiger partial charge in [-0.1, -0.05) is 19.4 Å². The minimum absolute atomic E-state index is 0.202. The summed E-state index contributed by atoms with van der Waals surface area (Å²) in [5.74, 6) is 0.898. The number of hydrogen-bond donors (Lipinski definition) is 0. The highest BCUT2D eigenvalue weighted by molar-refractivity contribution is 7.89. The maximum Gasteiger partial charge on any atom is 0.153 e. The second kappa shape index (κ2) is 6.61. The summed E-state index contributed by atoms with van der Waals surface area (Å²) in [6, 6.07) is 0. The molecule has 21 heavy (non-hydrogen) atoms. The Hall–Kier alpha value is -0.0300. The zero-order chi connectivity index (χ0) is 14.9. The molecule has 0 radical (unpaired) electrons. The summed E-state index contributed by atoms with van der Waals surface area (Å²) in [5.41, 5.74) is 0.587. The first-order valence-electron chi connectivity index (χ1n) is 8.49. The lowest BCUT2D eigenvalue weighted by molar-refractivity contribution is 0.127. The van der Waals surface area contributed by atoms with E-state index in [0.29, 0.717) is 5.41 Å². The van der Waals surface area contributed by atoms with Crippen LogP contribution in [-0.2, 0) is 16.1 Å². The van der Waals surface area contributed by atoms with Crippen molar-refractivity contribution >= 4 is 11.4 Å². The Morgan fingerprint density at radius 2 is 1.90 bits per heavy atom. The van der Waals surface area contributed by atoms with E-state index in [1.165, 1.54) is 32.1 Å². The predicted octanol–water partition coefficient (Wildman–Crippen LogP) is 3.29. The Morgan fingerprint density at radius 1 is 1.14 bits per heavy atom. The molecule has 1 aliphatic heterocycles. The van der Waals surface area contributed by atoms with E-state index in [-0.39, 0.29) is 11.4 Å². The van der Waals surface area contributed by atoms with Crippen molar-refractivity contribution in [2.45, 2.75) is 63.2 Å². The highest BCUT2D eigenvalue weighted by atomic mass is 32.2. The molecular weight excluding hydrogens is 282 g/mol. The lowest BCUT2D eigenvalue weighted by Crippen LogP contribution is -2.46. The van der Waals surface area contributed by atoms with Gasteiger partial charge in [-0.05, 0) is 49.5 Å². The highest BCUT2D eigenvalue weighted by Crippen LogP contribution is 2.49. The number of hydrogen-bond acceptors (Lipinski definition) is 3. The Labute approximate surface area is 132 Å². The molecule has 3 rings (SSSR count). The quantitative estimate of drug-likeness (QED) is 0.593. The van der Waals surface area contributed by atoms with Gasteiger partial charge in [-0.2, -0.15) is 0 Å². The SMILES string of the molecule is COC1C=CC([S+]([O-])N2CCC3(CC[C@H](C)C3)CC2)CC1. The fourth-order valence-corrected chi connectivity index (χ4v) is 5.90. The zero-order valence-corrected chi connectivity index (χ0v) is 14.2. The lowest BCUT2D eigenvalue weighted by atomic mass is 9.77. The standard InChI is InChI=1S/C17H29NO2S/c1-14-7-8-17(13-14)9-11-18(12-10-17)21(19)16-5-3-15(20-2)4-6-16/h3,5,14-16H,4,6-13H2,1-2H3/t14-,15?,16?,21?/m0/s1. The van der Waals surface area contributed by atoms with Crippen LogP contribution in [0.2, 0.25) is 0 Å². The van der Waals surface area contributed by atoms with Gasteiger partial charge in [0.1, 0.15) is 0 Å². The highest BCUT2D eigenvalue weighted by Gasteiger charge is 2.43. The molecule has 0 aromatic heterocycles. The number of nitrogens with zero attached hydrogens (tertiary/aromatic N) is 1. The molecule has 120 valence electrons. The first-order valence-corrected chi connectivity index (χ1v) is 9.66. The van der Waals surface area contributed by atoms with E-state index >= 15 is 0 Å². The molecule has 2 fully saturated rings. The molecule has 4 atom stereocenters. The second-order valence-electron chi connectivity index (χ2n) is 7.33. The first-order chi connectivity index (χ1) is 10.1. The topological polar surface area (TPSA) is 35.5 Å². The molecule has 0 amide bonds. The molecule has 0 aromatic rings. The molecule has 1 saturated carbocycles. The average Bonchev–Trinajstić information content (AvgIpc) is 2.88. The summed E-state index contributed by atoms with van der Waals surface area (Å²) in [5, 5.41) is 0.202. The summed E-state index contributed by atoms with van der Waals surface area (Å²) in [7, 11) is 1.75. The van der Waals surface area contributed by atoms with Crippen LogP contribution in [0.15, 0.2) is 12.2 Å². The predicted molar refractivity (Wildman–Crippen MR) is 87.4 cm³/mol. The lowest BCUT2D eigenvalue weighted by Gasteiger charge is -2.40. The molecule has 3 aliphatic rings. The average molecular weight is 311 g/mol. The van der Waals surface area contributed by atoms with E-state index in [4.69, 9.17) is 4.74 Å². The van der Waals surface area contributed by atoms with Crippen molar-refractivity contribution in [1.82, 2.24) is 4.31 Å². The summed E-state index contributed by atoms with van der Waals surface area (Å²) < 4.78 is 20.3. The Bertz CT molecular complexity index is 379. The fourth-order valence-electron chi connectivity index (χ4n) is 4.42. The fraction of sp³-hybridized carbons (Fsp3) is 0.882. The van der Waals surface area contributed by atoms with Gasteiger partial charge in [-0.25, -0.2) is 0 Å². The van der Waals surface area contributed by atoms with Crippen LogP contribution in [0.5, 0.6) is 0 Å². The Balaban J connectivity index is 1.52. The Kier molecular flexibility index (Phi) is 4.99. The summed E-state index contributed by atoms with van der Waals surface area (Å²) in [6.07, 6.45) is 13.1. The molecule has 1 saturated heterocycles. The zero-order valence-electron chi connectivity index (χ0n) is 13.4. The number of ether oxygens (including phenoxy) is 1. The van der Waals surface area contributed by atoms with Crippen molar-refractivity contribution in [2.75, 3.05) is 20.2 Å². The third-order valence-electron chi connectivity index (χ3n) is 5.82. The van der Waals surface area contributed by atoms with Crippen molar-refractivity contribution in [3.63, 3.8) is 0 Å². The minimum atomic E-state index is -0.844. The van der Waals surface area contributed by atoms with Gasteiger partial charge < -0.3 is 9.29 Å². The molecule has 2 aliphatic carbocycles. The van der Waals surface area contributed by atoms with Crippen LogP contribution in [0.25, 0.3) is 0 Å². The third-order valence-corrected chi connectivity index (χ3v) is 7.61. The molecule has 0 bridgehead atoms.